The lowest BCUT2D eigenvalue weighted by Crippen LogP contribution is -2.29. The van der Waals surface area contributed by atoms with E-state index in [9.17, 15) is 0 Å². The van der Waals surface area contributed by atoms with Crippen molar-refractivity contribution >= 4 is 55.0 Å². The summed E-state index contributed by atoms with van der Waals surface area (Å²) < 4.78 is 69.3. The van der Waals surface area contributed by atoms with Gasteiger partial charge >= 0.3 is 0 Å². The Morgan fingerprint density at radius 2 is 0.500 bits per heavy atom. The van der Waals surface area contributed by atoms with Crippen LogP contribution in [0.2, 0.25) is 0 Å². The molecule has 0 saturated carbocycles. The molecule has 9 rings (SSSR count). The minimum Gasteiger partial charge on any atom is -0.493 e. The minimum absolute atomic E-state index is 0.345. The van der Waals surface area contributed by atoms with Crippen molar-refractivity contribution in [2.45, 2.75) is 26.2 Å². The fraction of sp³-hybridized carbons (Fsp3) is 0.276. The third-order valence-electron chi connectivity index (χ3n) is 13.2. The summed E-state index contributed by atoms with van der Waals surface area (Å²) in [6.07, 6.45) is 0. The minimum atomic E-state index is 0.345. The van der Waals surface area contributed by atoms with Crippen LogP contribution in [0, 0.1) is 0 Å². The second-order valence-electron chi connectivity index (χ2n) is 17.3. The third kappa shape index (κ3) is 9.64. The van der Waals surface area contributed by atoms with Crippen LogP contribution in [0.15, 0.2) is 97.1 Å². The third-order valence-corrected chi connectivity index (χ3v) is 13.2. The lowest BCUT2D eigenvalue weighted by Gasteiger charge is -2.32. The SMILES string of the molecule is COc1cc2nc(CN(Cc3ccc4c(OC)c(OC)c(OC)cc4n3)c3ccccc3N(Cc3ccc4c(OC)c(OC)c(OC)cc4n3)Cc3ccc4c(OC)c(OC)c(OC)cc4n3)ccc2c(OC)c1OC. The molecule has 0 aliphatic carbocycles. The van der Waals surface area contributed by atoms with Crippen molar-refractivity contribution < 1.29 is 56.8 Å². The predicted octanol–water partition coefficient (Wildman–Crippen LogP) is 10.4. The summed E-state index contributed by atoms with van der Waals surface area (Å²) in [6.45, 7) is 1.38. The number of benzene rings is 5. The molecule has 0 atom stereocenters. The van der Waals surface area contributed by atoms with E-state index in [-0.39, 0.29) is 0 Å². The number of hydrogen-bond donors (Lipinski definition) is 0. The molecule has 4 heterocycles. The van der Waals surface area contributed by atoms with Gasteiger partial charge in [0.15, 0.2) is 46.0 Å². The highest BCUT2D eigenvalue weighted by molar-refractivity contribution is 5.93. The lowest BCUT2D eigenvalue weighted by atomic mass is 10.1. The fourth-order valence-corrected chi connectivity index (χ4v) is 9.75. The molecule has 76 heavy (non-hydrogen) atoms. The zero-order chi connectivity index (χ0) is 53.6. The molecule has 0 fully saturated rings. The Bertz CT molecular complexity index is 3150. The van der Waals surface area contributed by atoms with Crippen molar-refractivity contribution in [1.82, 2.24) is 19.9 Å². The molecular weight excluding hydrogens is 973 g/mol. The predicted molar refractivity (Wildman–Crippen MR) is 292 cm³/mol. The van der Waals surface area contributed by atoms with E-state index in [1.54, 1.807) is 85.3 Å². The number of hydrogen-bond acceptors (Lipinski definition) is 18. The molecule has 0 amide bonds. The van der Waals surface area contributed by atoms with Crippen LogP contribution in [0.5, 0.6) is 69.0 Å². The van der Waals surface area contributed by atoms with Gasteiger partial charge in [-0.15, -0.1) is 0 Å². The summed E-state index contributed by atoms with van der Waals surface area (Å²) in [6, 6.07) is 31.6. The maximum Gasteiger partial charge on any atom is 0.204 e. The van der Waals surface area contributed by atoms with Crippen molar-refractivity contribution in [2.24, 2.45) is 0 Å². The second-order valence-corrected chi connectivity index (χ2v) is 17.3. The van der Waals surface area contributed by atoms with Gasteiger partial charge in [-0.3, -0.25) is 19.9 Å². The van der Waals surface area contributed by atoms with Gasteiger partial charge in [0.05, 0.1) is 168 Å². The Morgan fingerprint density at radius 3 is 0.697 bits per heavy atom. The summed E-state index contributed by atoms with van der Waals surface area (Å²) in [5, 5.41) is 3.07. The average molecular weight is 1030 g/mol. The molecule has 9 aromatic rings. The number of nitrogens with zero attached hydrogens (tertiary/aromatic N) is 6. The van der Waals surface area contributed by atoms with E-state index in [0.717, 1.165) is 55.7 Å². The van der Waals surface area contributed by atoms with Gasteiger partial charge in [0, 0.05) is 45.8 Å². The van der Waals surface area contributed by atoms with Crippen molar-refractivity contribution in [1.29, 1.82) is 0 Å². The summed E-state index contributed by atoms with van der Waals surface area (Å²) in [5.74, 6) is 5.98. The number of para-hydroxylation sites is 2. The van der Waals surface area contributed by atoms with Crippen LogP contribution in [-0.2, 0) is 26.2 Å². The molecule has 5 aromatic carbocycles. The zero-order valence-electron chi connectivity index (χ0n) is 44.6. The van der Waals surface area contributed by atoms with Crippen molar-refractivity contribution in [2.75, 3.05) is 95.1 Å². The van der Waals surface area contributed by atoms with Gasteiger partial charge in [-0.2, -0.15) is 0 Å². The van der Waals surface area contributed by atoms with Crippen LogP contribution in [0.25, 0.3) is 43.6 Å². The lowest BCUT2D eigenvalue weighted by molar-refractivity contribution is 0.327. The van der Waals surface area contributed by atoms with Gasteiger partial charge in [-0.05, 0) is 60.7 Å². The first-order chi connectivity index (χ1) is 37.1. The summed E-state index contributed by atoms with van der Waals surface area (Å²) in [7, 11) is 19.1. The van der Waals surface area contributed by atoms with Crippen LogP contribution in [0.4, 0.5) is 11.4 Å². The number of fused-ring (bicyclic) bond motifs is 4. The van der Waals surface area contributed by atoms with Gasteiger partial charge in [0.1, 0.15) is 0 Å². The number of rotatable bonds is 22. The van der Waals surface area contributed by atoms with Crippen LogP contribution in [0.3, 0.4) is 0 Å². The Balaban J connectivity index is 1.22. The molecule has 0 aliphatic rings. The molecule has 18 heteroatoms. The Kier molecular flexibility index (Phi) is 15.4. The molecule has 0 bridgehead atoms. The maximum absolute atomic E-state index is 5.86. The highest BCUT2D eigenvalue weighted by atomic mass is 16.5. The molecule has 0 spiro atoms. The summed E-state index contributed by atoms with van der Waals surface area (Å²) in [4.78, 5) is 25.4. The zero-order valence-corrected chi connectivity index (χ0v) is 44.6. The van der Waals surface area contributed by atoms with Crippen LogP contribution >= 0.6 is 0 Å². The Labute approximate surface area is 440 Å². The molecule has 394 valence electrons. The van der Waals surface area contributed by atoms with Gasteiger partial charge in [-0.1, -0.05) is 12.1 Å². The molecular formula is C58H60N6O12. The van der Waals surface area contributed by atoms with Crippen LogP contribution in [0.1, 0.15) is 22.8 Å². The second kappa shape index (κ2) is 22.6. The highest BCUT2D eigenvalue weighted by Crippen LogP contribution is 2.47. The van der Waals surface area contributed by atoms with Gasteiger partial charge in [0.2, 0.25) is 23.0 Å². The fourth-order valence-electron chi connectivity index (χ4n) is 9.75. The molecule has 4 aromatic heterocycles. The van der Waals surface area contributed by atoms with E-state index in [1.165, 1.54) is 0 Å². The largest absolute Gasteiger partial charge is 0.493 e. The van der Waals surface area contributed by atoms with Crippen LogP contribution in [-0.4, -0.2) is 105 Å². The molecule has 0 N–H and O–H groups in total. The standard InChI is InChI=1S/C58H60N6O12/c1-65-47-25-41-37(51(69-5)55(47)73-9)21-17-33(59-41)29-63(30-34-18-22-38-42(60-34)26-48(66-2)56(74-10)52(38)70-6)45-15-13-14-16-46(45)64(31-35-19-23-39-43(61-35)27-49(67-3)57(75-11)53(39)71-7)32-36-20-24-40-44(62-36)28-50(68-4)58(76-12)54(40)72-8/h13-28H,29-32H2,1-12H3. The van der Waals surface area contributed by atoms with Crippen molar-refractivity contribution in [3.05, 3.63) is 120 Å². The van der Waals surface area contributed by atoms with Gasteiger partial charge < -0.3 is 66.6 Å². The molecule has 0 saturated heterocycles. The Hall–Kier alpha value is -9.06. The first-order valence-electron chi connectivity index (χ1n) is 24.0. The van der Waals surface area contributed by atoms with Crippen molar-refractivity contribution in [3.8, 4) is 69.0 Å². The average Bonchev–Trinajstić information content (AvgIpc) is 3.47. The molecule has 0 unspecified atom stereocenters. The molecule has 18 nitrogen and oxygen atoms in total. The number of aromatic nitrogens is 4. The van der Waals surface area contributed by atoms with Crippen LogP contribution < -0.4 is 66.6 Å². The van der Waals surface area contributed by atoms with Gasteiger partial charge in [0.25, 0.3) is 0 Å². The van der Waals surface area contributed by atoms with Crippen molar-refractivity contribution in [3.63, 3.8) is 0 Å². The highest BCUT2D eigenvalue weighted by Gasteiger charge is 2.25. The van der Waals surface area contributed by atoms with E-state index in [2.05, 4.69) is 21.9 Å². The smallest absolute Gasteiger partial charge is 0.204 e. The molecule has 0 aliphatic heterocycles. The number of pyridine rings is 4. The van der Waals surface area contributed by atoms with E-state index in [4.69, 9.17) is 76.8 Å². The van der Waals surface area contributed by atoms with E-state index in [0.29, 0.717) is 117 Å². The first-order valence-corrected chi connectivity index (χ1v) is 24.0. The number of methoxy groups -OCH3 is 12. The first kappa shape index (κ1) is 51.8. The van der Waals surface area contributed by atoms with E-state index in [1.807, 2.05) is 84.9 Å². The van der Waals surface area contributed by atoms with E-state index < -0.39 is 0 Å². The van der Waals surface area contributed by atoms with E-state index >= 15 is 0 Å². The Morgan fingerprint density at radius 1 is 0.276 bits per heavy atom. The normalized spacial score (nSPS) is 11.1. The summed E-state index contributed by atoms with van der Waals surface area (Å²) in [5.41, 5.74) is 7.48. The van der Waals surface area contributed by atoms with Gasteiger partial charge in [-0.25, -0.2) is 0 Å². The summed E-state index contributed by atoms with van der Waals surface area (Å²) >= 11 is 0. The quantitative estimate of drug-likeness (QED) is 0.0628. The maximum atomic E-state index is 5.86. The topological polar surface area (TPSA) is 169 Å². The molecule has 0 radical (unpaired) electrons. The number of ether oxygens (including phenoxy) is 12. The number of anilines is 2. The monoisotopic (exact) mass is 1030 g/mol.